The van der Waals surface area contributed by atoms with Crippen molar-refractivity contribution in [1.82, 2.24) is 19.1 Å². The van der Waals surface area contributed by atoms with Crippen molar-refractivity contribution in [3.63, 3.8) is 0 Å². The van der Waals surface area contributed by atoms with Gasteiger partial charge in [0.2, 0.25) is 0 Å². The largest absolute Gasteiger partial charge is 0.309 e. The molecule has 0 fully saturated rings. The number of fused-ring (bicyclic) bond motifs is 6. The smallest absolute Gasteiger partial charge is 0.160 e. The molecule has 0 unspecified atom stereocenters. The molecule has 0 N–H and O–H groups in total. The molecule has 6 heteroatoms. The fraction of sp³-hybridized carbons (Fsp3) is 0. The first kappa shape index (κ1) is 42.0. The average molecular weight is 917 g/mol. The van der Waals surface area contributed by atoms with Crippen molar-refractivity contribution in [3.05, 3.63) is 254 Å². The van der Waals surface area contributed by atoms with Gasteiger partial charge >= 0.3 is 0 Å². The van der Waals surface area contributed by atoms with Gasteiger partial charge in [-0.1, -0.05) is 152 Å². The summed E-state index contributed by atoms with van der Waals surface area (Å²) in [5.41, 5.74) is 18.4. The Bertz CT molecular complexity index is 4100. The summed E-state index contributed by atoms with van der Waals surface area (Å²) in [6.07, 6.45) is 0. The molecule has 0 saturated heterocycles. The highest BCUT2D eigenvalue weighted by molar-refractivity contribution is 6.13. The van der Waals surface area contributed by atoms with Crippen LogP contribution in [0.2, 0.25) is 0 Å². The first-order valence-corrected chi connectivity index (χ1v) is 23.9. The van der Waals surface area contributed by atoms with Gasteiger partial charge < -0.3 is 9.13 Å². The van der Waals surface area contributed by atoms with Gasteiger partial charge in [0.1, 0.15) is 0 Å². The number of nitriles is 2. The maximum absolute atomic E-state index is 9.61. The molecule has 10 aromatic carbocycles. The minimum absolute atomic E-state index is 0.620. The van der Waals surface area contributed by atoms with Gasteiger partial charge in [0.05, 0.1) is 68.1 Å². The van der Waals surface area contributed by atoms with E-state index in [-0.39, 0.29) is 0 Å². The number of benzene rings is 10. The molecule has 3 aromatic heterocycles. The summed E-state index contributed by atoms with van der Waals surface area (Å²) >= 11 is 0. The first-order valence-electron chi connectivity index (χ1n) is 23.9. The summed E-state index contributed by atoms with van der Waals surface area (Å²) < 4.78 is 4.80. The van der Waals surface area contributed by atoms with E-state index in [0.29, 0.717) is 17.0 Å². The summed E-state index contributed by atoms with van der Waals surface area (Å²) in [6.45, 7) is 0. The van der Waals surface area contributed by atoms with Gasteiger partial charge in [0.25, 0.3) is 0 Å². The van der Waals surface area contributed by atoms with Crippen LogP contribution in [0.3, 0.4) is 0 Å². The second-order valence-electron chi connectivity index (χ2n) is 18.0. The fourth-order valence-electron chi connectivity index (χ4n) is 10.4. The molecular weight excluding hydrogens is 877 g/mol. The molecule has 0 amide bonds. The maximum atomic E-state index is 9.61. The van der Waals surface area contributed by atoms with Crippen molar-refractivity contribution in [3.8, 4) is 90.8 Å². The Hall–Kier alpha value is -10.1. The molecule has 334 valence electrons. The lowest BCUT2D eigenvalue weighted by atomic mass is 9.97. The number of aromatic nitrogens is 4. The van der Waals surface area contributed by atoms with Crippen molar-refractivity contribution in [2.24, 2.45) is 0 Å². The van der Waals surface area contributed by atoms with E-state index in [1.165, 1.54) is 10.8 Å². The minimum atomic E-state index is 0.620. The Morgan fingerprint density at radius 3 is 1.22 bits per heavy atom. The standard InChI is InChI=1S/C66H40N6/c67-41-43-23-27-45(28-24-43)49-31-34-64-56(37-49)57-38-50(46-29-25-44(42-68)26-30-46)32-35-65(57)72(64)63-36-33-51(66-69-58(47-13-3-1-4-14-47)40-59(70-66)48-15-5-2-6-16-48)39-55(63)54-19-9-12-22-62(54)71-60-20-10-7-17-52(60)53-18-8-11-21-61(53)71/h1-40H. The average Bonchev–Trinajstić information content (AvgIpc) is 3.97. The molecule has 0 atom stereocenters. The SMILES string of the molecule is N#Cc1ccc(-c2ccc3c(c2)c2cc(-c4ccc(C#N)cc4)ccc2n3-c2ccc(-c3nc(-c4ccccc4)cc(-c4ccccc4)n3)cc2-c2ccccc2-n2c3ccccc3c3ccccc32)cc1. The highest BCUT2D eigenvalue weighted by Crippen LogP contribution is 2.44. The molecule has 13 rings (SSSR count). The van der Waals surface area contributed by atoms with Gasteiger partial charge in [-0.15, -0.1) is 0 Å². The number of rotatable bonds is 8. The molecule has 0 radical (unpaired) electrons. The molecule has 6 nitrogen and oxygen atoms in total. The molecule has 0 aliphatic carbocycles. The molecular formula is C66H40N6. The molecule has 72 heavy (non-hydrogen) atoms. The number of nitrogens with zero attached hydrogens (tertiary/aromatic N) is 6. The first-order chi connectivity index (χ1) is 35.6. The van der Waals surface area contributed by atoms with Gasteiger partial charge in [0, 0.05) is 49.4 Å². The summed E-state index contributed by atoms with van der Waals surface area (Å²) in [5.74, 6) is 0.624. The summed E-state index contributed by atoms with van der Waals surface area (Å²) in [7, 11) is 0. The van der Waals surface area contributed by atoms with E-state index in [1.807, 2.05) is 84.9 Å². The van der Waals surface area contributed by atoms with E-state index in [9.17, 15) is 10.5 Å². The summed E-state index contributed by atoms with van der Waals surface area (Å²) in [6, 6.07) is 88.8. The Labute approximate surface area is 415 Å². The van der Waals surface area contributed by atoms with Gasteiger partial charge in [-0.25, -0.2) is 9.97 Å². The van der Waals surface area contributed by atoms with Crippen LogP contribution in [0.1, 0.15) is 11.1 Å². The molecule has 0 spiro atoms. The zero-order chi connectivity index (χ0) is 48.1. The third kappa shape index (κ3) is 7.19. The second-order valence-corrected chi connectivity index (χ2v) is 18.0. The van der Waals surface area contributed by atoms with Crippen LogP contribution < -0.4 is 0 Å². The lowest BCUT2D eigenvalue weighted by Gasteiger charge is -2.20. The van der Waals surface area contributed by atoms with E-state index >= 15 is 0 Å². The van der Waals surface area contributed by atoms with Gasteiger partial charge in [-0.05, 0) is 113 Å². The van der Waals surface area contributed by atoms with E-state index in [0.717, 1.165) is 106 Å². The van der Waals surface area contributed by atoms with E-state index in [2.05, 4.69) is 179 Å². The van der Waals surface area contributed by atoms with Crippen LogP contribution in [0.5, 0.6) is 0 Å². The third-order valence-corrected chi connectivity index (χ3v) is 13.8. The number of hydrogen-bond donors (Lipinski definition) is 0. The van der Waals surface area contributed by atoms with Crippen LogP contribution in [0.4, 0.5) is 0 Å². The zero-order valence-electron chi connectivity index (χ0n) is 38.8. The van der Waals surface area contributed by atoms with Crippen molar-refractivity contribution in [2.75, 3.05) is 0 Å². The highest BCUT2D eigenvalue weighted by Gasteiger charge is 2.23. The fourth-order valence-corrected chi connectivity index (χ4v) is 10.4. The third-order valence-electron chi connectivity index (χ3n) is 13.8. The Balaban J connectivity index is 1.10. The van der Waals surface area contributed by atoms with Gasteiger partial charge in [-0.2, -0.15) is 10.5 Å². The highest BCUT2D eigenvalue weighted by atomic mass is 15.0. The molecule has 0 saturated carbocycles. The van der Waals surface area contributed by atoms with E-state index < -0.39 is 0 Å². The topological polar surface area (TPSA) is 83.2 Å². The summed E-state index contributed by atoms with van der Waals surface area (Å²) in [5, 5.41) is 23.8. The molecule has 0 bridgehead atoms. The lowest BCUT2D eigenvalue weighted by Crippen LogP contribution is -2.03. The van der Waals surface area contributed by atoms with Gasteiger partial charge in [0.15, 0.2) is 5.82 Å². The Morgan fingerprint density at radius 1 is 0.292 bits per heavy atom. The van der Waals surface area contributed by atoms with Crippen LogP contribution in [-0.4, -0.2) is 19.1 Å². The van der Waals surface area contributed by atoms with E-state index in [4.69, 9.17) is 9.97 Å². The van der Waals surface area contributed by atoms with E-state index in [1.54, 1.807) is 0 Å². The van der Waals surface area contributed by atoms with Crippen molar-refractivity contribution < 1.29 is 0 Å². The van der Waals surface area contributed by atoms with Crippen molar-refractivity contribution in [1.29, 1.82) is 10.5 Å². The molecule has 3 heterocycles. The van der Waals surface area contributed by atoms with Crippen LogP contribution in [0.15, 0.2) is 243 Å². The molecule has 0 aliphatic rings. The maximum Gasteiger partial charge on any atom is 0.160 e. The summed E-state index contributed by atoms with van der Waals surface area (Å²) in [4.78, 5) is 10.6. The second kappa shape index (κ2) is 17.4. The number of para-hydroxylation sites is 3. The minimum Gasteiger partial charge on any atom is -0.309 e. The quantitative estimate of drug-likeness (QED) is 0.152. The van der Waals surface area contributed by atoms with Crippen LogP contribution in [-0.2, 0) is 0 Å². The van der Waals surface area contributed by atoms with Gasteiger partial charge in [-0.3, -0.25) is 0 Å². The number of hydrogen-bond acceptors (Lipinski definition) is 4. The normalized spacial score (nSPS) is 11.3. The molecule has 0 aliphatic heterocycles. The predicted molar refractivity (Wildman–Crippen MR) is 293 cm³/mol. The van der Waals surface area contributed by atoms with Crippen LogP contribution in [0, 0.1) is 22.7 Å². The lowest BCUT2D eigenvalue weighted by molar-refractivity contribution is 1.15. The predicted octanol–water partition coefficient (Wildman–Crippen LogP) is 16.4. The van der Waals surface area contributed by atoms with Crippen LogP contribution >= 0.6 is 0 Å². The van der Waals surface area contributed by atoms with Crippen LogP contribution in [0.25, 0.3) is 122 Å². The monoisotopic (exact) mass is 916 g/mol. The van der Waals surface area contributed by atoms with Crippen molar-refractivity contribution in [2.45, 2.75) is 0 Å². The zero-order valence-corrected chi connectivity index (χ0v) is 38.8. The van der Waals surface area contributed by atoms with Crippen molar-refractivity contribution >= 4 is 43.6 Å². The Kier molecular flexibility index (Phi) is 10.2. The molecule has 13 aromatic rings. The Morgan fingerprint density at radius 2 is 0.708 bits per heavy atom.